The number of aliphatic carboxylic acids is 2. The first-order chi connectivity index (χ1) is 11.0. The summed E-state index contributed by atoms with van der Waals surface area (Å²) in [7, 11) is 0. The maximum Gasteiger partial charge on any atom is 0.324 e. The number of carbonyl (C=O) groups is 2. The number of hydrogen-bond donors (Lipinski definition) is 3. The smallest absolute Gasteiger partial charge is 0.324 e. The topological polar surface area (TPSA) is 101 Å². The Morgan fingerprint density at radius 1 is 1.00 bits per heavy atom. The van der Waals surface area contributed by atoms with Crippen LogP contribution in [0.25, 0.3) is 0 Å². The minimum atomic E-state index is -2.32. The molecule has 132 valence electrons. The zero-order valence-corrected chi connectivity index (χ0v) is 12.0. The highest BCUT2D eigenvalue weighted by Crippen LogP contribution is 2.47. The van der Waals surface area contributed by atoms with Gasteiger partial charge in [0.1, 0.15) is 5.54 Å². The molecule has 0 bridgehead atoms. The fourth-order valence-corrected chi connectivity index (χ4v) is 2.69. The van der Waals surface area contributed by atoms with Crippen LogP contribution < -0.4 is 5.73 Å². The zero-order valence-electron chi connectivity index (χ0n) is 12.0. The van der Waals surface area contributed by atoms with Gasteiger partial charge in [-0.3, -0.25) is 9.59 Å². The number of carboxylic acid groups (broad SMARTS) is 2. The van der Waals surface area contributed by atoms with Crippen molar-refractivity contribution in [2.24, 2.45) is 17.6 Å². The molecule has 3 atom stereocenters. The van der Waals surface area contributed by atoms with Crippen molar-refractivity contribution in [1.29, 1.82) is 0 Å². The van der Waals surface area contributed by atoms with E-state index in [-0.39, 0.29) is 6.42 Å². The van der Waals surface area contributed by atoms with Gasteiger partial charge in [-0.15, -0.1) is 0 Å². The second kappa shape index (κ2) is 6.00. The number of benzene rings is 1. The minimum absolute atomic E-state index is 0.0464. The van der Waals surface area contributed by atoms with E-state index >= 15 is 0 Å². The summed E-state index contributed by atoms with van der Waals surface area (Å²) in [6.45, 7) is 0. The molecule has 24 heavy (non-hydrogen) atoms. The van der Waals surface area contributed by atoms with Crippen LogP contribution in [0, 0.1) is 40.9 Å². The Labute approximate surface area is 131 Å². The van der Waals surface area contributed by atoms with Crippen molar-refractivity contribution in [3.8, 4) is 0 Å². The van der Waals surface area contributed by atoms with Crippen molar-refractivity contribution in [2.45, 2.75) is 24.8 Å². The van der Waals surface area contributed by atoms with Crippen molar-refractivity contribution >= 4 is 11.9 Å². The second-order valence-corrected chi connectivity index (χ2v) is 5.68. The molecule has 1 aromatic carbocycles. The predicted octanol–water partition coefficient (Wildman–Crippen LogP) is 1.82. The first-order valence-electron chi connectivity index (χ1n) is 6.77. The highest BCUT2D eigenvalue weighted by atomic mass is 19.2. The van der Waals surface area contributed by atoms with E-state index in [1.807, 2.05) is 0 Å². The lowest BCUT2D eigenvalue weighted by molar-refractivity contribution is -0.145. The molecule has 2 rings (SSSR count). The second-order valence-electron chi connectivity index (χ2n) is 5.68. The van der Waals surface area contributed by atoms with E-state index in [0.717, 1.165) is 0 Å². The predicted molar refractivity (Wildman–Crippen MR) is 68.3 cm³/mol. The lowest BCUT2D eigenvalue weighted by atomic mass is 9.86. The van der Waals surface area contributed by atoms with Gasteiger partial charge in [0.25, 0.3) is 0 Å². The lowest BCUT2D eigenvalue weighted by Gasteiger charge is -2.25. The molecule has 0 radical (unpaired) electrons. The van der Waals surface area contributed by atoms with Crippen molar-refractivity contribution in [3.05, 3.63) is 34.6 Å². The Bertz CT molecular complexity index is 697. The van der Waals surface area contributed by atoms with Gasteiger partial charge in [0, 0.05) is 11.5 Å². The molecule has 0 saturated heterocycles. The van der Waals surface area contributed by atoms with E-state index in [2.05, 4.69) is 0 Å². The van der Waals surface area contributed by atoms with Gasteiger partial charge in [-0.1, -0.05) is 0 Å². The van der Waals surface area contributed by atoms with Crippen LogP contribution in [-0.2, 0) is 16.0 Å². The number of hydrogen-bond acceptors (Lipinski definition) is 3. The third kappa shape index (κ3) is 2.81. The molecule has 0 amide bonds. The van der Waals surface area contributed by atoms with Gasteiger partial charge in [0.15, 0.2) is 23.3 Å². The third-order valence-corrected chi connectivity index (χ3v) is 4.26. The maximum atomic E-state index is 13.6. The molecule has 0 aliphatic heterocycles. The molecule has 0 aromatic heterocycles. The Morgan fingerprint density at radius 2 is 1.46 bits per heavy atom. The van der Waals surface area contributed by atoms with Gasteiger partial charge in [0.05, 0.1) is 5.92 Å². The molecule has 4 N–H and O–H groups in total. The lowest BCUT2D eigenvalue weighted by Crippen LogP contribution is -2.51. The summed E-state index contributed by atoms with van der Waals surface area (Å²) >= 11 is 0. The van der Waals surface area contributed by atoms with Crippen LogP contribution in [0.1, 0.15) is 18.4 Å². The van der Waals surface area contributed by atoms with E-state index in [0.29, 0.717) is 0 Å². The third-order valence-electron chi connectivity index (χ3n) is 4.26. The quantitative estimate of drug-likeness (QED) is 0.411. The Morgan fingerprint density at radius 3 is 1.83 bits per heavy atom. The van der Waals surface area contributed by atoms with Crippen molar-refractivity contribution in [1.82, 2.24) is 0 Å². The van der Waals surface area contributed by atoms with E-state index in [4.69, 9.17) is 10.8 Å². The molecule has 1 aromatic rings. The maximum absolute atomic E-state index is 13.6. The molecule has 0 spiro atoms. The molecule has 1 fully saturated rings. The van der Waals surface area contributed by atoms with E-state index in [9.17, 15) is 36.6 Å². The molecular weight excluding hydrogens is 341 g/mol. The van der Waals surface area contributed by atoms with Crippen LogP contribution in [-0.4, -0.2) is 27.7 Å². The molecule has 1 aliphatic rings. The molecule has 1 aliphatic carbocycles. The van der Waals surface area contributed by atoms with Gasteiger partial charge in [-0.2, -0.15) is 0 Å². The summed E-state index contributed by atoms with van der Waals surface area (Å²) in [6.07, 6.45) is -1.58. The average molecular weight is 353 g/mol. The van der Waals surface area contributed by atoms with E-state index < -0.39 is 76.8 Å². The highest BCUT2D eigenvalue weighted by Gasteiger charge is 2.58. The fraction of sp³-hybridized carbons (Fsp3) is 0.429. The largest absolute Gasteiger partial charge is 0.481 e. The zero-order chi connectivity index (χ0) is 18.4. The van der Waals surface area contributed by atoms with Gasteiger partial charge in [-0.05, 0) is 19.3 Å². The summed E-state index contributed by atoms with van der Waals surface area (Å²) in [5.41, 5.74) is 2.32. The van der Waals surface area contributed by atoms with Crippen LogP contribution in [0.5, 0.6) is 0 Å². The first kappa shape index (κ1) is 18.1. The van der Waals surface area contributed by atoms with Crippen molar-refractivity contribution in [2.75, 3.05) is 0 Å². The van der Waals surface area contributed by atoms with Crippen LogP contribution in [0.3, 0.4) is 0 Å². The van der Waals surface area contributed by atoms with Crippen molar-refractivity contribution < 1.29 is 41.8 Å². The van der Waals surface area contributed by atoms with Gasteiger partial charge < -0.3 is 15.9 Å². The average Bonchev–Trinajstić information content (AvgIpc) is 3.31. The van der Waals surface area contributed by atoms with Crippen LogP contribution in [0.4, 0.5) is 22.0 Å². The van der Waals surface area contributed by atoms with Gasteiger partial charge in [0.2, 0.25) is 5.82 Å². The van der Waals surface area contributed by atoms with Crippen LogP contribution in [0.2, 0.25) is 0 Å². The number of halogens is 5. The molecule has 0 heterocycles. The van der Waals surface area contributed by atoms with Crippen LogP contribution in [0.15, 0.2) is 0 Å². The summed E-state index contributed by atoms with van der Waals surface area (Å²) in [4.78, 5) is 22.2. The highest BCUT2D eigenvalue weighted by molar-refractivity contribution is 5.83. The summed E-state index contributed by atoms with van der Waals surface area (Å²) in [6, 6.07) is 0. The summed E-state index contributed by atoms with van der Waals surface area (Å²) in [5, 5.41) is 18.0. The molecular formula is C14H12F5NO4. The molecule has 10 heteroatoms. The Balaban J connectivity index is 2.29. The Kier molecular flexibility index (Phi) is 4.53. The summed E-state index contributed by atoms with van der Waals surface area (Å²) in [5.74, 6) is -15.6. The SMILES string of the molecule is NC(CCc1c(F)c(F)c(F)c(F)c1F)(C(=O)O)C1CC1C(=O)O. The Hall–Kier alpha value is -2.23. The fourth-order valence-electron chi connectivity index (χ4n) is 2.69. The normalized spacial score (nSPS) is 22.1. The molecule has 3 unspecified atom stereocenters. The number of carboxylic acids is 2. The number of rotatable bonds is 6. The first-order valence-corrected chi connectivity index (χ1v) is 6.77. The summed E-state index contributed by atoms with van der Waals surface area (Å²) < 4.78 is 66.4. The monoisotopic (exact) mass is 353 g/mol. The minimum Gasteiger partial charge on any atom is -0.481 e. The van der Waals surface area contributed by atoms with Gasteiger partial charge >= 0.3 is 11.9 Å². The number of nitrogens with two attached hydrogens (primary N) is 1. The van der Waals surface area contributed by atoms with E-state index in [1.54, 1.807) is 0 Å². The van der Waals surface area contributed by atoms with Crippen molar-refractivity contribution in [3.63, 3.8) is 0 Å². The van der Waals surface area contributed by atoms with Gasteiger partial charge in [-0.25, -0.2) is 22.0 Å². The molecule has 5 nitrogen and oxygen atoms in total. The van der Waals surface area contributed by atoms with E-state index in [1.165, 1.54) is 0 Å². The molecule has 1 saturated carbocycles. The van der Waals surface area contributed by atoms with Crippen LogP contribution >= 0.6 is 0 Å². The standard InChI is InChI=1S/C14H12F5NO4/c15-7-4(8(16)10(18)11(19)9(7)17)1-2-14(20,13(23)24)6-3-5(6)12(21)22/h5-6H,1-3,20H2,(H,21,22)(H,23,24).